The van der Waals surface area contributed by atoms with E-state index in [1.54, 1.807) is 15.5 Å². The quantitative estimate of drug-likeness (QED) is 0.800. The molecule has 2 N–H and O–H groups in total. The standard InChI is InChI=1S/C14H18N4O2/c1-10(2)7-17(8-12(15)20)14-11(9-19)18-6-4-3-5-13(18)16-14/h3-6,9-10H,7-8H2,1-2H3,(H2,15,20). The molecule has 1 amide bonds. The van der Waals surface area contributed by atoms with Crippen LogP contribution in [0.1, 0.15) is 24.3 Å². The molecule has 6 nitrogen and oxygen atoms in total. The summed E-state index contributed by atoms with van der Waals surface area (Å²) in [5.41, 5.74) is 6.39. The lowest BCUT2D eigenvalue weighted by Gasteiger charge is -2.23. The van der Waals surface area contributed by atoms with Gasteiger partial charge in [-0.3, -0.25) is 14.0 Å². The summed E-state index contributed by atoms with van der Waals surface area (Å²) >= 11 is 0. The van der Waals surface area contributed by atoms with Crippen LogP contribution in [0.5, 0.6) is 0 Å². The smallest absolute Gasteiger partial charge is 0.236 e. The number of nitrogens with two attached hydrogens (primary N) is 1. The number of carbonyl (C=O) groups excluding carboxylic acids is 2. The number of fused-ring (bicyclic) bond motifs is 1. The Morgan fingerprint density at radius 2 is 2.25 bits per heavy atom. The molecule has 20 heavy (non-hydrogen) atoms. The van der Waals surface area contributed by atoms with E-state index >= 15 is 0 Å². The number of carbonyl (C=O) groups is 2. The van der Waals surface area contributed by atoms with E-state index in [1.807, 2.05) is 32.0 Å². The van der Waals surface area contributed by atoms with Crippen LogP contribution in [-0.2, 0) is 4.79 Å². The van der Waals surface area contributed by atoms with Gasteiger partial charge in [0.15, 0.2) is 12.1 Å². The SMILES string of the molecule is CC(C)CN(CC(N)=O)c1nc2ccccn2c1C=O. The van der Waals surface area contributed by atoms with Crippen LogP contribution in [0.2, 0.25) is 0 Å². The van der Waals surface area contributed by atoms with Crippen molar-refractivity contribution in [2.24, 2.45) is 11.7 Å². The average molecular weight is 274 g/mol. The van der Waals surface area contributed by atoms with Crippen molar-refractivity contribution < 1.29 is 9.59 Å². The Hall–Kier alpha value is -2.37. The van der Waals surface area contributed by atoms with Crippen molar-refractivity contribution in [1.82, 2.24) is 9.38 Å². The Bertz CT molecular complexity index is 633. The molecule has 0 aliphatic heterocycles. The number of primary amides is 1. The number of rotatable bonds is 6. The van der Waals surface area contributed by atoms with Crippen LogP contribution in [0, 0.1) is 5.92 Å². The molecule has 0 aliphatic carbocycles. The van der Waals surface area contributed by atoms with Gasteiger partial charge in [-0.15, -0.1) is 0 Å². The maximum Gasteiger partial charge on any atom is 0.236 e. The van der Waals surface area contributed by atoms with E-state index in [1.165, 1.54) is 0 Å². The van der Waals surface area contributed by atoms with Gasteiger partial charge in [-0.2, -0.15) is 0 Å². The second kappa shape index (κ2) is 5.73. The third kappa shape index (κ3) is 2.79. The number of imidazole rings is 1. The predicted molar refractivity (Wildman–Crippen MR) is 76.8 cm³/mol. The Morgan fingerprint density at radius 3 is 2.85 bits per heavy atom. The minimum absolute atomic E-state index is 0.0445. The zero-order chi connectivity index (χ0) is 14.7. The first-order chi connectivity index (χ1) is 9.52. The lowest BCUT2D eigenvalue weighted by molar-refractivity contribution is -0.116. The summed E-state index contributed by atoms with van der Waals surface area (Å²) in [5.74, 6) is 0.372. The fraction of sp³-hybridized carbons (Fsp3) is 0.357. The summed E-state index contributed by atoms with van der Waals surface area (Å²) in [6.07, 6.45) is 2.52. The number of hydrogen-bond acceptors (Lipinski definition) is 4. The Morgan fingerprint density at radius 1 is 1.50 bits per heavy atom. The van der Waals surface area contributed by atoms with Crippen LogP contribution in [0.3, 0.4) is 0 Å². The Balaban J connectivity index is 2.51. The van der Waals surface area contributed by atoms with Crippen LogP contribution < -0.4 is 10.6 Å². The van der Waals surface area contributed by atoms with Gasteiger partial charge in [0.25, 0.3) is 0 Å². The molecule has 0 saturated carbocycles. The van der Waals surface area contributed by atoms with Crippen LogP contribution in [0.4, 0.5) is 5.82 Å². The van der Waals surface area contributed by atoms with Crippen molar-refractivity contribution in [2.45, 2.75) is 13.8 Å². The van der Waals surface area contributed by atoms with Gasteiger partial charge in [-0.25, -0.2) is 4.98 Å². The fourth-order valence-electron chi connectivity index (χ4n) is 2.20. The molecule has 0 aromatic carbocycles. The highest BCUT2D eigenvalue weighted by Gasteiger charge is 2.20. The van der Waals surface area contributed by atoms with E-state index in [0.717, 1.165) is 6.29 Å². The number of aromatic nitrogens is 2. The number of nitrogens with zero attached hydrogens (tertiary/aromatic N) is 3. The molecule has 0 unspecified atom stereocenters. The maximum absolute atomic E-state index is 11.4. The van der Waals surface area contributed by atoms with Crippen LogP contribution >= 0.6 is 0 Å². The number of pyridine rings is 1. The number of hydrogen-bond donors (Lipinski definition) is 1. The first kappa shape index (κ1) is 14.0. The summed E-state index contributed by atoms with van der Waals surface area (Å²) in [7, 11) is 0. The minimum Gasteiger partial charge on any atom is -0.368 e. The Labute approximate surface area is 117 Å². The molecular weight excluding hydrogens is 256 g/mol. The first-order valence-electron chi connectivity index (χ1n) is 6.48. The van der Waals surface area contributed by atoms with Crippen molar-refractivity contribution in [3.63, 3.8) is 0 Å². The molecule has 2 aromatic rings. The van der Waals surface area contributed by atoms with Gasteiger partial charge in [-0.05, 0) is 18.1 Å². The lowest BCUT2D eigenvalue weighted by atomic mass is 10.2. The second-order valence-corrected chi connectivity index (χ2v) is 5.11. The van der Waals surface area contributed by atoms with Crippen molar-refractivity contribution in [3.05, 3.63) is 30.1 Å². The zero-order valence-electron chi connectivity index (χ0n) is 11.6. The highest BCUT2D eigenvalue weighted by atomic mass is 16.1. The molecule has 0 saturated heterocycles. The van der Waals surface area contributed by atoms with Crippen LogP contribution in [0.15, 0.2) is 24.4 Å². The molecule has 2 aromatic heterocycles. The lowest BCUT2D eigenvalue weighted by Crippen LogP contribution is -2.37. The van der Waals surface area contributed by atoms with Gasteiger partial charge in [0.1, 0.15) is 11.3 Å². The fourth-order valence-corrected chi connectivity index (χ4v) is 2.20. The molecular formula is C14H18N4O2. The van der Waals surface area contributed by atoms with Gasteiger partial charge in [-0.1, -0.05) is 19.9 Å². The molecule has 0 spiro atoms. The van der Waals surface area contributed by atoms with Crippen molar-refractivity contribution >= 4 is 23.7 Å². The normalized spacial score (nSPS) is 10.9. The molecule has 0 radical (unpaired) electrons. The molecule has 0 atom stereocenters. The van der Waals surface area contributed by atoms with Gasteiger partial charge >= 0.3 is 0 Å². The molecule has 0 aliphatic rings. The monoisotopic (exact) mass is 274 g/mol. The van der Waals surface area contributed by atoms with E-state index in [0.29, 0.717) is 29.6 Å². The summed E-state index contributed by atoms with van der Waals surface area (Å²) < 4.78 is 1.71. The van der Waals surface area contributed by atoms with Gasteiger partial charge in [0.05, 0.1) is 6.54 Å². The third-order valence-electron chi connectivity index (χ3n) is 2.89. The number of amides is 1. The molecule has 0 fully saturated rings. The molecule has 6 heteroatoms. The van der Waals surface area contributed by atoms with Crippen LogP contribution in [0.25, 0.3) is 5.65 Å². The third-order valence-corrected chi connectivity index (χ3v) is 2.89. The first-order valence-corrected chi connectivity index (χ1v) is 6.48. The van der Waals surface area contributed by atoms with E-state index in [2.05, 4.69) is 4.98 Å². The highest BCUT2D eigenvalue weighted by molar-refractivity contribution is 5.86. The Kier molecular flexibility index (Phi) is 4.02. The summed E-state index contributed by atoms with van der Waals surface area (Å²) in [5, 5.41) is 0. The minimum atomic E-state index is -0.445. The van der Waals surface area contributed by atoms with Gasteiger partial charge in [0.2, 0.25) is 5.91 Å². The topological polar surface area (TPSA) is 80.7 Å². The van der Waals surface area contributed by atoms with E-state index in [9.17, 15) is 9.59 Å². The van der Waals surface area contributed by atoms with Crippen molar-refractivity contribution in [2.75, 3.05) is 18.0 Å². The number of aldehydes is 1. The van der Waals surface area contributed by atoms with Gasteiger partial charge < -0.3 is 10.6 Å². The molecule has 0 bridgehead atoms. The molecule has 106 valence electrons. The number of anilines is 1. The second-order valence-electron chi connectivity index (χ2n) is 5.11. The zero-order valence-corrected chi connectivity index (χ0v) is 11.6. The van der Waals surface area contributed by atoms with E-state index in [-0.39, 0.29) is 6.54 Å². The summed E-state index contributed by atoms with van der Waals surface area (Å²) in [6, 6.07) is 5.49. The van der Waals surface area contributed by atoms with Crippen molar-refractivity contribution in [1.29, 1.82) is 0 Å². The predicted octanol–water partition coefficient (Wildman–Crippen LogP) is 1.09. The largest absolute Gasteiger partial charge is 0.368 e. The summed E-state index contributed by atoms with van der Waals surface area (Å²) in [4.78, 5) is 28.8. The van der Waals surface area contributed by atoms with Crippen molar-refractivity contribution in [3.8, 4) is 0 Å². The highest BCUT2D eigenvalue weighted by Crippen LogP contribution is 2.21. The maximum atomic E-state index is 11.4. The summed E-state index contributed by atoms with van der Waals surface area (Å²) in [6.45, 7) is 4.71. The van der Waals surface area contributed by atoms with E-state index < -0.39 is 5.91 Å². The van der Waals surface area contributed by atoms with Gasteiger partial charge in [0, 0.05) is 12.7 Å². The van der Waals surface area contributed by atoms with E-state index in [4.69, 9.17) is 5.73 Å². The van der Waals surface area contributed by atoms with Crippen LogP contribution in [-0.4, -0.2) is 34.7 Å². The average Bonchev–Trinajstić information content (AvgIpc) is 2.75. The molecule has 2 rings (SSSR count). The molecule has 2 heterocycles.